The van der Waals surface area contributed by atoms with Crippen LogP contribution in [0.25, 0.3) is 10.9 Å². The molecule has 0 saturated carbocycles. The topological polar surface area (TPSA) is 74.4 Å². The van der Waals surface area contributed by atoms with Gasteiger partial charge in [0.1, 0.15) is 6.04 Å². The summed E-state index contributed by atoms with van der Waals surface area (Å²) < 4.78 is 4.93. The number of carbonyl (C=O) groups is 1. The van der Waals surface area contributed by atoms with E-state index >= 15 is 0 Å². The molecule has 1 aromatic heterocycles. The second-order valence-corrected chi connectivity index (χ2v) is 8.07. The maximum atomic E-state index is 12.5. The largest absolute Gasteiger partial charge is 0.467 e. The zero-order valence-corrected chi connectivity index (χ0v) is 18.1. The average Bonchev–Trinajstić information content (AvgIpc) is 3.28. The molecule has 1 aliphatic heterocycles. The van der Waals surface area contributed by atoms with Crippen LogP contribution < -0.4 is 15.8 Å². The van der Waals surface area contributed by atoms with Crippen molar-refractivity contribution in [1.82, 2.24) is 4.98 Å². The number of aromatic amines is 1. The quantitative estimate of drug-likeness (QED) is 0.561. The molecule has 0 amide bonds. The van der Waals surface area contributed by atoms with Gasteiger partial charge in [-0.2, -0.15) is 0 Å². The van der Waals surface area contributed by atoms with Gasteiger partial charge in [-0.05, 0) is 72.7 Å². The van der Waals surface area contributed by atoms with Crippen molar-refractivity contribution < 1.29 is 9.53 Å². The van der Waals surface area contributed by atoms with Crippen LogP contribution in [0.3, 0.4) is 0 Å². The first kappa shape index (κ1) is 21.0. The summed E-state index contributed by atoms with van der Waals surface area (Å²) in [7, 11) is 1.44. The minimum atomic E-state index is -0.211. The smallest absolute Gasteiger partial charge is 0.328 e. The highest BCUT2D eigenvalue weighted by molar-refractivity contribution is 5.81. The van der Waals surface area contributed by atoms with Gasteiger partial charge in [0.15, 0.2) is 0 Å². The van der Waals surface area contributed by atoms with E-state index in [4.69, 9.17) is 4.74 Å². The molecule has 2 heterocycles. The van der Waals surface area contributed by atoms with E-state index in [2.05, 4.69) is 34.3 Å². The predicted molar refractivity (Wildman–Crippen MR) is 125 cm³/mol. The van der Waals surface area contributed by atoms with Crippen molar-refractivity contribution in [3.05, 3.63) is 70.0 Å². The van der Waals surface area contributed by atoms with Gasteiger partial charge in [-0.1, -0.05) is 19.4 Å². The molecule has 0 radical (unpaired) electrons. The summed E-state index contributed by atoms with van der Waals surface area (Å²) >= 11 is 0. The third kappa shape index (κ3) is 4.58. The molecule has 1 saturated heterocycles. The summed E-state index contributed by atoms with van der Waals surface area (Å²) in [6.07, 6.45) is 3.92. The van der Waals surface area contributed by atoms with Gasteiger partial charge in [0.05, 0.1) is 7.11 Å². The van der Waals surface area contributed by atoms with Crippen molar-refractivity contribution >= 4 is 28.2 Å². The average molecular weight is 420 g/mol. The van der Waals surface area contributed by atoms with Gasteiger partial charge < -0.3 is 19.9 Å². The fraction of sp³-hybridized carbons (Fsp3) is 0.360. The lowest BCUT2D eigenvalue weighted by Crippen LogP contribution is -2.36. The van der Waals surface area contributed by atoms with Crippen LogP contribution in [0, 0.1) is 0 Å². The van der Waals surface area contributed by atoms with Crippen molar-refractivity contribution in [2.45, 2.75) is 45.2 Å². The van der Waals surface area contributed by atoms with Crippen LogP contribution in [-0.2, 0) is 22.5 Å². The lowest BCUT2D eigenvalue weighted by molar-refractivity contribution is -0.141. The Balaban J connectivity index is 1.46. The van der Waals surface area contributed by atoms with E-state index in [0.29, 0.717) is 12.1 Å². The molecule has 1 unspecified atom stereocenters. The van der Waals surface area contributed by atoms with Gasteiger partial charge in [0, 0.05) is 35.5 Å². The van der Waals surface area contributed by atoms with E-state index in [-0.39, 0.29) is 17.6 Å². The highest BCUT2D eigenvalue weighted by atomic mass is 16.5. The highest BCUT2D eigenvalue weighted by Gasteiger charge is 2.31. The number of benzene rings is 2. The molecular formula is C25H29N3O3. The monoisotopic (exact) mass is 419 g/mol. The number of pyridine rings is 1. The molecule has 6 heteroatoms. The summed E-state index contributed by atoms with van der Waals surface area (Å²) in [6.45, 7) is 3.45. The summed E-state index contributed by atoms with van der Waals surface area (Å²) in [5.74, 6) is -0.183. The summed E-state index contributed by atoms with van der Waals surface area (Å²) in [5, 5.41) is 4.40. The molecule has 1 atom stereocenters. The Labute approximate surface area is 182 Å². The van der Waals surface area contributed by atoms with Crippen LogP contribution in [0.1, 0.15) is 37.3 Å². The number of fused-ring (bicyclic) bond motifs is 1. The lowest BCUT2D eigenvalue weighted by Gasteiger charge is -2.25. The number of hydrogen-bond donors (Lipinski definition) is 2. The molecule has 1 fully saturated rings. The fourth-order valence-electron chi connectivity index (χ4n) is 4.30. The third-order valence-electron chi connectivity index (χ3n) is 5.93. The molecule has 0 spiro atoms. The van der Waals surface area contributed by atoms with E-state index in [0.717, 1.165) is 54.5 Å². The van der Waals surface area contributed by atoms with Gasteiger partial charge >= 0.3 is 5.97 Å². The summed E-state index contributed by atoms with van der Waals surface area (Å²) in [5.41, 5.74) is 4.71. The van der Waals surface area contributed by atoms with Gasteiger partial charge in [0.2, 0.25) is 0 Å². The Bertz CT molecular complexity index is 1120. The maximum absolute atomic E-state index is 12.5. The number of methoxy groups -OCH3 is 1. The molecule has 0 bridgehead atoms. The number of carbonyl (C=O) groups excluding carboxylic acids is 1. The molecule has 3 aromatic rings. The Hall–Kier alpha value is -3.28. The van der Waals surface area contributed by atoms with Crippen molar-refractivity contribution in [3.63, 3.8) is 0 Å². The molecule has 2 N–H and O–H groups in total. The number of H-pyrrole nitrogens is 1. The number of aryl methyl sites for hydroxylation is 1. The molecule has 4 rings (SSSR count). The van der Waals surface area contributed by atoms with Crippen LogP contribution in [0.4, 0.5) is 11.4 Å². The maximum Gasteiger partial charge on any atom is 0.328 e. The number of hydrogen-bond acceptors (Lipinski definition) is 5. The third-order valence-corrected chi connectivity index (χ3v) is 5.93. The van der Waals surface area contributed by atoms with Crippen LogP contribution in [0.5, 0.6) is 0 Å². The minimum absolute atomic E-state index is 0.0714. The predicted octanol–water partition coefficient (Wildman–Crippen LogP) is 4.23. The Morgan fingerprint density at radius 1 is 1.19 bits per heavy atom. The van der Waals surface area contributed by atoms with E-state index in [1.807, 2.05) is 36.4 Å². The number of anilines is 2. The summed E-state index contributed by atoms with van der Waals surface area (Å²) in [4.78, 5) is 29.6. The number of nitrogens with zero attached hydrogens (tertiary/aromatic N) is 1. The standard InChI is InChI=1S/C25H29N3O3/c1-3-5-17-7-12-22-18(14-17)15-19(24(29)27-22)16-26-20-8-10-21(11-9-20)28-13-4-6-23(28)25(30)31-2/h7-12,14-15,23,26H,3-6,13,16H2,1-2H3,(H,27,29). The molecule has 1 aliphatic rings. The van der Waals surface area contributed by atoms with Crippen molar-refractivity contribution in [2.24, 2.45) is 0 Å². The second kappa shape index (κ2) is 9.25. The zero-order valence-electron chi connectivity index (χ0n) is 18.1. The number of nitrogens with one attached hydrogen (secondary N) is 2. The normalized spacial score (nSPS) is 15.9. The van der Waals surface area contributed by atoms with Crippen molar-refractivity contribution in [1.29, 1.82) is 0 Å². The molecule has 0 aliphatic carbocycles. The number of ether oxygens (including phenoxy) is 1. The first-order chi connectivity index (χ1) is 15.1. The number of rotatable bonds is 7. The first-order valence-corrected chi connectivity index (χ1v) is 10.9. The van der Waals surface area contributed by atoms with Gasteiger partial charge in [-0.25, -0.2) is 4.79 Å². The van der Waals surface area contributed by atoms with Gasteiger partial charge in [-0.15, -0.1) is 0 Å². The van der Waals surface area contributed by atoms with Crippen LogP contribution >= 0.6 is 0 Å². The van der Waals surface area contributed by atoms with Crippen molar-refractivity contribution in [3.8, 4) is 0 Å². The number of aromatic nitrogens is 1. The first-order valence-electron chi connectivity index (χ1n) is 10.9. The molecular weight excluding hydrogens is 390 g/mol. The van der Waals surface area contributed by atoms with E-state index < -0.39 is 0 Å². The van der Waals surface area contributed by atoms with Gasteiger partial charge in [0.25, 0.3) is 5.56 Å². The van der Waals surface area contributed by atoms with Crippen LogP contribution in [0.15, 0.2) is 53.3 Å². The van der Waals surface area contributed by atoms with E-state index in [1.54, 1.807) is 0 Å². The fourth-order valence-corrected chi connectivity index (χ4v) is 4.30. The highest BCUT2D eigenvalue weighted by Crippen LogP contribution is 2.27. The molecule has 6 nitrogen and oxygen atoms in total. The van der Waals surface area contributed by atoms with E-state index in [1.165, 1.54) is 12.7 Å². The molecule has 2 aromatic carbocycles. The number of esters is 1. The Morgan fingerprint density at radius 3 is 2.74 bits per heavy atom. The Morgan fingerprint density at radius 2 is 2.00 bits per heavy atom. The molecule has 31 heavy (non-hydrogen) atoms. The second-order valence-electron chi connectivity index (χ2n) is 8.07. The molecule has 162 valence electrons. The van der Waals surface area contributed by atoms with Gasteiger partial charge in [-0.3, -0.25) is 4.79 Å². The summed E-state index contributed by atoms with van der Waals surface area (Å²) in [6, 6.07) is 16.0. The Kier molecular flexibility index (Phi) is 6.26. The van der Waals surface area contributed by atoms with E-state index in [9.17, 15) is 9.59 Å². The minimum Gasteiger partial charge on any atom is -0.467 e. The SMILES string of the molecule is CCCc1ccc2[nH]c(=O)c(CNc3ccc(N4CCCC4C(=O)OC)cc3)cc2c1. The lowest BCUT2D eigenvalue weighted by atomic mass is 10.1. The van der Waals surface area contributed by atoms with Crippen LogP contribution in [-0.4, -0.2) is 30.6 Å². The van der Waals surface area contributed by atoms with Crippen molar-refractivity contribution in [2.75, 3.05) is 23.9 Å². The zero-order chi connectivity index (χ0) is 21.8. The van der Waals surface area contributed by atoms with Crippen LogP contribution in [0.2, 0.25) is 0 Å².